The SMILES string of the molecule is CCCNc1nc(-c2cnn(C)c2C)nc2c1CSC2. The largest absolute Gasteiger partial charge is 0.370 e. The van der Waals surface area contributed by atoms with Crippen LogP contribution < -0.4 is 5.32 Å². The maximum Gasteiger partial charge on any atom is 0.165 e. The number of fused-ring (bicyclic) bond motifs is 1. The lowest BCUT2D eigenvalue weighted by atomic mass is 10.2. The highest BCUT2D eigenvalue weighted by Crippen LogP contribution is 2.34. The van der Waals surface area contributed by atoms with Gasteiger partial charge < -0.3 is 5.32 Å². The molecular formula is C14H19N5S. The fourth-order valence-electron chi connectivity index (χ4n) is 2.28. The van der Waals surface area contributed by atoms with Crippen molar-refractivity contribution >= 4 is 17.6 Å². The van der Waals surface area contributed by atoms with E-state index in [2.05, 4.69) is 17.3 Å². The first kappa shape index (κ1) is 13.4. The molecule has 1 N–H and O–H groups in total. The van der Waals surface area contributed by atoms with Crippen LogP contribution in [0.15, 0.2) is 6.20 Å². The second-order valence-electron chi connectivity index (χ2n) is 5.01. The number of hydrogen-bond donors (Lipinski definition) is 1. The van der Waals surface area contributed by atoms with Crippen molar-refractivity contribution < 1.29 is 0 Å². The fourth-order valence-corrected chi connectivity index (χ4v) is 3.32. The highest BCUT2D eigenvalue weighted by molar-refractivity contribution is 7.98. The molecule has 0 saturated carbocycles. The van der Waals surface area contributed by atoms with Crippen LogP contribution in [0, 0.1) is 6.92 Å². The number of hydrogen-bond acceptors (Lipinski definition) is 5. The smallest absolute Gasteiger partial charge is 0.165 e. The van der Waals surface area contributed by atoms with Gasteiger partial charge in [0.1, 0.15) is 5.82 Å². The Morgan fingerprint density at radius 2 is 2.20 bits per heavy atom. The van der Waals surface area contributed by atoms with Gasteiger partial charge in [-0.15, -0.1) is 0 Å². The first-order valence-corrected chi connectivity index (χ1v) is 8.06. The summed E-state index contributed by atoms with van der Waals surface area (Å²) in [6, 6.07) is 0. The lowest BCUT2D eigenvalue weighted by Crippen LogP contribution is -2.08. The van der Waals surface area contributed by atoms with E-state index in [9.17, 15) is 0 Å². The third kappa shape index (κ3) is 2.28. The summed E-state index contributed by atoms with van der Waals surface area (Å²) < 4.78 is 1.86. The van der Waals surface area contributed by atoms with Gasteiger partial charge in [0, 0.05) is 36.4 Å². The second-order valence-corrected chi connectivity index (χ2v) is 5.99. The van der Waals surface area contributed by atoms with Crippen molar-refractivity contribution in [2.45, 2.75) is 31.8 Å². The summed E-state index contributed by atoms with van der Waals surface area (Å²) in [7, 11) is 1.94. The summed E-state index contributed by atoms with van der Waals surface area (Å²) in [6.45, 7) is 5.15. The lowest BCUT2D eigenvalue weighted by molar-refractivity contribution is 0.740. The first-order chi connectivity index (χ1) is 9.70. The fraction of sp³-hybridized carbons (Fsp3) is 0.500. The van der Waals surface area contributed by atoms with Gasteiger partial charge in [0.2, 0.25) is 0 Å². The molecule has 0 aromatic carbocycles. The summed E-state index contributed by atoms with van der Waals surface area (Å²) in [4.78, 5) is 9.48. The molecule has 3 rings (SSSR count). The van der Waals surface area contributed by atoms with Crippen LogP contribution in [0.2, 0.25) is 0 Å². The van der Waals surface area contributed by atoms with Gasteiger partial charge in [-0.3, -0.25) is 4.68 Å². The molecule has 0 atom stereocenters. The molecule has 0 saturated heterocycles. The summed E-state index contributed by atoms with van der Waals surface area (Å²) in [5.41, 5.74) is 4.55. The maximum absolute atomic E-state index is 4.74. The molecule has 6 heteroatoms. The number of aromatic nitrogens is 4. The van der Waals surface area contributed by atoms with E-state index in [1.54, 1.807) is 0 Å². The predicted octanol–water partition coefficient (Wildman–Crippen LogP) is 2.75. The van der Waals surface area contributed by atoms with Crippen LogP contribution in [-0.4, -0.2) is 26.3 Å². The first-order valence-electron chi connectivity index (χ1n) is 6.91. The number of nitrogens with zero attached hydrogens (tertiary/aromatic N) is 4. The predicted molar refractivity (Wildman–Crippen MR) is 82.8 cm³/mol. The van der Waals surface area contributed by atoms with Crippen molar-refractivity contribution in [2.24, 2.45) is 7.05 Å². The van der Waals surface area contributed by atoms with Gasteiger partial charge in [0.25, 0.3) is 0 Å². The van der Waals surface area contributed by atoms with Crippen LogP contribution in [-0.2, 0) is 18.6 Å². The minimum absolute atomic E-state index is 0.787. The Hall–Kier alpha value is -1.56. The number of anilines is 1. The molecule has 2 aromatic rings. The molecule has 2 aromatic heterocycles. The molecule has 0 amide bonds. The lowest BCUT2D eigenvalue weighted by Gasteiger charge is -2.11. The van der Waals surface area contributed by atoms with Gasteiger partial charge in [-0.1, -0.05) is 6.92 Å². The normalized spacial score (nSPS) is 13.6. The van der Waals surface area contributed by atoms with Gasteiger partial charge in [0.05, 0.1) is 17.5 Å². The summed E-state index contributed by atoms with van der Waals surface area (Å²) in [5, 5.41) is 7.73. The molecule has 1 aliphatic rings. The highest BCUT2D eigenvalue weighted by Gasteiger charge is 2.21. The van der Waals surface area contributed by atoms with Crippen LogP contribution in [0.5, 0.6) is 0 Å². The maximum atomic E-state index is 4.74. The molecule has 0 radical (unpaired) electrons. The quantitative estimate of drug-likeness (QED) is 0.938. The van der Waals surface area contributed by atoms with Crippen molar-refractivity contribution in [1.29, 1.82) is 0 Å². The van der Waals surface area contributed by atoms with Gasteiger partial charge in [-0.2, -0.15) is 16.9 Å². The Morgan fingerprint density at radius 3 is 2.90 bits per heavy atom. The Balaban J connectivity index is 2.06. The Kier molecular flexibility index (Phi) is 3.65. The van der Waals surface area contributed by atoms with Gasteiger partial charge >= 0.3 is 0 Å². The van der Waals surface area contributed by atoms with E-state index in [0.29, 0.717) is 0 Å². The number of aryl methyl sites for hydroxylation is 1. The van der Waals surface area contributed by atoms with E-state index >= 15 is 0 Å². The second kappa shape index (κ2) is 5.44. The third-order valence-electron chi connectivity index (χ3n) is 3.60. The van der Waals surface area contributed by atoms with E-state index < -0.39 is 0 Å². The average Bonchev–Trinajstić information content (AvgIpc) is 3.04. The molecule has 0 unspecified atom stereocenters. The summed E-state index contributed by atoms with van der Waals surface area (Å²) >= 11 is 1.90. The van der Waals surface area contributed by atoms with E-state index in [1.807, 2.05) is 36.6 Å². The summed E-state index contributed by atoms with van der Waals surface area (Å²) in [5.74, 6) is 3.77. The van der Waals surface area contributed by atoms with Crippen molar-refractivity contribution in [2.75, 3.05) is 11.9 Å². The molecule has 0 fully saturated rings. The molecule has 5 nitrogen and oxygen atoms in total. The number of thioether (sulfide) groups is 1. The molecule has 20 heavy (non-hydrogen) atoms. The molecule has 3 heterocycles. The van der Waals surface area contributed by atoms with E-state index in [1.165, 1.54) is 11.3 Å². The van der Waals surface area contributed by atoms with Crippen LogP contribution in [0.1, 0.15) is 30.3 Å². The molecule has 0 aliphatic carbocycles. The van der Waals surface area contributed by atoms with Crippen molar-refractivity contribution in [3.63, 3.8) is 0 Å². The molecular weight excluding hydrogens is 270 g/mol. The third-order valence-corrected chi connectivity index (χ3v) is 4.57. The van der Waals surface area contributed by atoms with Crippen molar-refractivity contribution in [1.82, 2.24) is 19.7 Å². The summed E-state index contributed by atoms with van der Waals surface area (Å²) in [6.07, 6.45) is 2.94. The van der Waals surface area contributed by atoms with Gasteiger partial charge in [-0.05, 0) is 13.3 Å². The molecule has 0 spiro atoms. The van der Waals surface area contributed by atoms with E-state index in [0.717, 1.165) is 47.4 Å². The van der Waals surface area contributed by atoms with Crippen molar-refractivity contribution in [3.05, 3.63) is 23.1 Å². The van der Waals surface area contributed by atoms with E-state index in [4.69, 9.17) is 9.97 Å². The van der Waals surface area contributed by atoms with Crippen molar-refractivity contribution in [3.8, 4) is 11.4 Å². The highest BCUT2D eigenvalue weighted by atomic mass is 32.2. The van der Waals surface area contributed by atoms with Gasteiger partial charge in [0.15, 0.2) is 5.82 Å². The average molecular weight is 289 g/mol. The molecule has 1 aliphatic heterocycles. The standard InChI is InChI=1S/C14H19N5S/c1-4-5-15-13-11-7-20-8-12(11)17-14(18-13)10-6-16-19(3)9(10)2/h6H,4-5,7-8H2,1-3H3,(H,15,17,18). The zero-order valence-corrected chi connectivity index (χ0v) is 12.9. The van der Waals surface area contributed by atoms with E-state index in [-0.39, 0.29) is 0 Å². The number of nitrogens with one attached hydrogen (secondary N) is 1. The zero-order chi connectivity index (χ0) is 14.1. The number of rotatable bonds is 4. The Morgan fingerprint density at radius 1 is 1.35 bits per heavy atom. The minimum atomic E-state index is 0.787. The minimum Gasteiger partial charge on any atom is -0.370 e. The van der Waals surface area contributed by atoms with Crippen LogP contribution >= 0.6 is 11.8 Å². The molecule has 106 valence electrons. The van der Waals surface area contributed by atoms with Crippen LogP contribution in [0.3, 0.4) is 0 Å². The Bertz CT molecular complexity index is 635. The molecule has 0 bridgehead atoms. The van der Waals surface area contributed by atoms with Gasteiger partial charge in [-0.25, -0.2) is 9.97 Å². The van der Waals surface area contributed by atoms with Crippen LogP contribution in [0.25, 0.3) is 11.4 Å². The topological polar surface area (TPSA) is 55.6 Å². The monoisotopic (exact) mass is 289 g/mol. The zero-order valence-electron chi connectivity index (χ0n) is 12.1. The Labute approximate surface area is 123 Å². The van der Waals surface area contributed by atoms with Crippen LogP contribution in [0.4, 0.5) is 5.82 Å².